The highest BCUT2D eigenvalue weighted by Gasteiger charge is 2.05. The van der Waals surface area contributed by atoms with E-state index in [0.29, 0.717) is 11.1 Å². The van der Waals surface area contributed by atoms with Gasteiger partial charge >= 0.3 is 0 Å². The van der Waals surface area contributed by atoms with Gasteiger partial charge in [0, 0.05) is 17.1 Å². The largest absolute Gasteiger partial charge is 0.496 e. The molecule has 0 aliphatic heterocycles. The molecule has 0 radical (unpaired) electrons. The number of methoxy groups -OCH3 is 1. The number of hydrogen-bond acceptors (Lipinski definition) is 3. The molecule has 3 nitrogen and oxygen atoms in total. The van der Waals surface area contributed by atoms with Gasteiger partial charge in [0.25, 0.3) is 0 Å². The van der Waals surface area contributed by atoms with Crippen LogP contribution >= 0.6 is 0 Å². The van der Waals surface area contributed by atoms with Gasteiger partial charge in [-0.15, -0.1) is 0 Å². The molecule has 3 heteroatoms. The van der Waals surface area contributed by atoms with Gasteiger partial charge in [-0.25, -0.2) is 0 Å². The maximum absolute atomic E-state index is 10.7. The average Bonchev–Trinajstić information content (AvgIpc) is 2.27. The number of pyridine rings is 1. The average molecular weight is 187 g/mol. The lowest BCUT2D eigenvalue weighted by molar-refractivity contribution is 0.112. The smallest absolute Gasteiger partial charge is 0.152 e. The number of aldehydes is 1. The molecule has 0 aliphatic carbocycles. The first-order valence-corrected chi connectivity index (χ1v) is 4.23. The fourth-order valence-electron chi connectivity index (χ4n) is 1.44. The first-order chi connectivity index (χ1) is 6.86. The number of benzene rings is 1. The normalized spacial score (nSPS) is 10.1. The Morgan fingerprint density at radius 2 is 2.21 bits per heavy atom. The second-order valence-corrected chi connectivity index (χ2v) is 2.87. The van der Waals surface area contributed by atoms with E-state index in [2.05, 4.69) is 4.98 Å². The van der Waals surface area contributed by atoms with Crippen molar-refractivity contribution in [3.8, 4) is 5.75 Å². The summed E-state index contributed by atoms with van der Waals surface area (Å²) in [5.74, 6) is 0.735. The predicted molar refractivity (Wildman–Crippen MR) is 53.7 cm³/mol. The lowest BCUT2D eigenvalue weighted by Crippen LogP contribution is -1.90. The fraction of sp³-hybridized carbons (Fsp3) is 0.0909. The molecule has 0 amide bonds. The van der Waals surface area contributed by atoms with Crippen molar-refractivity contribution in [2.45, 2.75) is 0 Å². The Morgan fingerprint density at radius 3 is 2.93 bits per heavy atom. The lowest BCUT2D eigenvalue weighted by atomic mass is 10.1. The molecular formula is C11H9NO2. The highest BCUT2D eigenvalue weighted by Crippen LogP contribution is 2.25. The Bertz CT molecular complexity index is 480. The van der Waals surface area contributed by atoms with Crippen molar-refractivity contribution in [3.05, 3.63) is 36.0 Å². The van der Waals surface area contributed by atoms with E-state index in [1.165, 1.54) is 0 Å². The van der Waals surface area contributed by atoms with Crippen LogP contribution < -0.4 is 4.74 Å². The summed E-state index contributed by atoms with van der Waals surface area (Å²) in [5.41, 5.74) is 1.27. The quantitative estimate of drug-likeness (QED) is 0.675. The molecule has 1 aromatic heterocycles. The third-order valence-corrected chi connectivity index (χ3v) is 2.11. The van der Waals surface area contributed by atoms with Gasteiger partial charge in [0.05, 0.1) is 12.6 Å². The Kier molecular flexibility index (Phi) is 2.14. The highest BCUT2D eigenvalue weighted by atomic mass is 16.5. The molecule has 0 atom stereocenters. The van der Waals surface area contributed by atoms with Crippen molar-refractivity contribution in [2.75, 3.05) is 7.11 Å². The van der Waals surface area contributed by atoms with E-state index in [-0.39, 0.29) is 0 Å². The van der Waals surface area contributed by atoms with E-state index in [9.17, 15) is 4.79 Å². The zero-order chi connectivity index (χ0) is 9.97. The second kappa shape index (κ2) is 3.46. The van der Waals surface area contributed by atoms with Gasteiger partial charge < -0.3 is 4.74 Å². The maximum atomic E-state index is 10.7. The summed E-state index contributed by atoms with van der Waals surface area (Å²) < 4.78 is 5.17. The van der Waals surface area contributed by atoms with Gasteiger partial charge in [0.2, 0.25) is 0 Å². The predicted octanol–water partition coefficient (Wildman–Crippen LogP) is 2.06. The summed E-state index contributed by atoms with van der Waals surface area (Å²) in [4.78, 5) is 14.9. The summed E-state index contributed by atoms with van der Waals surface area (Å²) in [7, 11) is 1.60. The zero-order valence-electron chi connectivity index (χ0n) is 7.73. The molecule has 0 saturated heterocycles. The monoisotopic (exact) mass is 187 g/mol. The number of aromatic nitrogens is 1. The first-order valence-electron chi connectivity index (χ1n) is 4.23. The number of hydrogen-bond donors (Lipinski definition) is 0. The van der Waals surface area contributed by atoms with Gasteiger partial charge in [-0.2, -0.15) is 0 Å². The van der Waals surface area contributed by atoms with Gasteiger partial charge in [-0.3, -0.25) is 9.78 Å². The first kappa shape index (κ1) is 8.69. The second-order valence-electron chi connectivity index (χ2n) is 2.87. The number of nitrogens with zero attached hydrogens (tertiary/aromatic N) is 1. The van der Waals surface area contributed by atoms with Crippen molar-refractivity contribution in [2.24, 2.45) is 0 Å². The molecule has 0 saturated carbocycles. The third-order valence-electron chi connectivity index (χ3n) is 2.11. The van der Waals surface area contributed by atoms with Crippen LogP contribution in [0.1, 0.15) is 10.4 Å². The summed E-state index contributed by atoms with van der Waals surface area (Å²) in [5, 5.41) is 0.861. The van der Waals surface area contributed by atoms with E-state index >= 15 is 0 Å². The number of rotatable bonds is 2. The summed E-state index contributed by atoms with van der Waals surface area (Å²) >= 11 is 0. The Labute approximate surface area is 81.3 Å². The van der Waals surface area contributed by atoms with Gasteiger partial charge in [0.1, 0.15) is 5.75 Å². The van der Waals surface area contributed by atoms with E-state index in [4.69, 9.17) is 4.74 Å². The molecule has 0 aliphatic rings. The molecule has 1 heterocycles. The van der Waals surface area contributed by atoms with E-state index in [1.807, 2.05) is 12.1 Å². The molecule has 70 valence electrons. The minimum atomic E-state index is 0.585. The highest BCUT2D eigenvalue weighted by molar-refractivity contribution is 5.98. The molecule has 0 spiro atoms. The summed E-state index contributed by atoms with van der Waals surface area (Å²) in [6, 6.07) is 7.18. The maximum Gasteiger partial charge on any atom is 0.152 e. The van der Waals surface area contributed by atoms with Crippen LogP contribution in [0.5, 0.6) is 5.75 Å². The van der Waals surface area contributed by atoms with Crippen molar-refractivity contribution in [1.82, 2.24) is 4.98 Å². The molecule has 0 fully saturated rings. The summed E-state index contributed by atoms with van der Waals surface area (Å²) in [6.07, 6.45) is 2.46. The number of carbonyl (C=O) groups is 1. The van der Waals surface area contributed by atoms with Crippen LogP contribution in [-0.4, -0.2) is 18.4 Å². The number of ether oxygens (including phenoxy) is 1. The van der Waals surface area contributed by atoms with Crippen molar-refractivity contribution in [3.63, 3.8) is 0 Å². The number of carbonyl (C=O) groups excluding carboxylic acids is 1. The lowest BCUT2D eigenvalue weighted by Gasteiger charge is -2.05. The standard InChI is InChI=1S/C11H9NO2/c1-14-10-5-4-8(7-13)11-9(10)3-2-6-12-11/h2-7H,1H3. The molecule has 0 bridgehead atoms. The molecule has 0 unspecified atom stereocenters. The van der Waals surface area contributed by atoms with Gasteiger partial charge in [0.15, 0.2) is 6.29 Å². The van der Waals surface area contributed by atoms with E-state index in [0.717, 1.165) is 17.4 Å². The molecule has 0 N–H and O–H groups in total. The molecule has 2 aromatic rings. The Balaban J connectivity index is 2.84. The molecular weight excluding hydrogens is 178 g/mol. The van der Waals surface area contributed by atoms with Crippen molar-refractivity contribution >= 4 is 17.2 Å². The molecule has 2 rings (SSSR count). The van der Waals surface area contributed by atoms with Crippen LogP contribution in [-0.2, 0) is 0 Å². The SMILES string of the molecule is COc1ccc(C=O)c2ncccc12. The van der Waals surface area contributed by atoms with Crippen LogP contribution in [0.2, 0.25) is 0 Å². The van der Waals surface area contributed by atoms with Crippen LogP contribution in [0.15, 0.2) is 30.5 Å². The minimum absolute atomic E-state index is 0.585. The van der Waals surface area contributed by atoms with Crippen LogP contribution in [0.25, 0.3) is 10.9 Å². The van der Waals surface area contributed by atoms with Crippen LogP contribution in [0, 0.1) is 0 Å². The van der Waals surface area contributed by atoms with E-state index in [1.54, 1.807) is 25.4 Å². The Hall–Kier alpha value is -1.90. The summed E-state index contributed by atoms with van der Waals surface area (Å²) in [6.45, 7) is 0. The van der Waals surface area contributed by atoms with Gasteiger partial charge in [-0.05, 0) is 24.3 Å². The minimum Gasteiger partial charge on any atom is -0.496 e. The number of fused-ring (bicyclic) bond motifs is 1. The molecule has 14 heavy (non-hydrogen) atoms. The third kappa shape index (κ3) is 1.23. The van der Waals surface area contributed by atoms with Gasteiger partial charge in [-0.1, -0.05) is 0 Å². The molecule has 1 aromatic carbocycles. The fourth-order valence-corrected chi connectivity index (χ4v) is 1.44. The topological polar surface area (TPSA) is 39.2 Å². The van der Waals surface area contributed by atoms with Crippen LogP contribution in [0.3, 0.4) is 0 Å². The zero-order valence-corrected chi connectivity index (χ0v) is 7.73. The van der Waals surface area contributed by atoms with Crippen LogP contribution in [0.4, 0.5) is 0 Å². The van der Waals surface area contributed by atoms with Crippen molar-refractivity contribution in [1.29, 1.82) is 0 Å². The Morgan fingerprint density at radius 1 is 1.36 bits per heavy atom. The van der Waals surface area contributed by atoms with E-state index < -0.39 is 0 Å². The van der Waals surface area contributed by atoms with Crippen molar-refractivity contribution < 1.29 is 9.53 Å².